The highest BCUT2D eigenvalue weighted by Gasteiger charge is 2.55. The van der Waals surface area contributed by atoms with Crippen molar-refractivity contribution in [1.29, 1.82) is 0 Å². The number of piperidine rings is 1. The molecule has 6 nitrogen and oxygen atoms in total. The second kappa shape index (κ2) is 6.36. The molecule has 27 heavy (non-hydrogen) atoms. The van der Waals surface area contributed by atoms with E-state index in [0.717, 1.165) is 55.5 Å². The average molecular weight is 368 g/mol. The van der Waals surface area contributed by atoms with Crippen LogP contribution in [-0.2, 0) is 14.3 Å². The molecule has 5 rings (SSSR count). The molecule has 2 aliphatic heterocycles. The minimum absolute atomic E-state index is 0.0961. The molecular weight excluding hydrogens is 344 g/mol. The van der Waals surface area contributed by atoms with Crippen molar-refractivity contribution in [3.8, 4) is 0 Å². The van der Waals surface area contributed by atoms with Gasteiger partial charge in [0.1, 0.15) is 11.1 Å². The molecule has 1 aromatic carbocycles. The maximum Gasteiger partial charge on any atom is 0.307 e. The van der Waals surface area contributed by atoms with Crippen molar-refractivity contribution in [3.05, 3.63) is 30.2 Å². The Kier molecular flexibility index (Phi) is 3.95. The number of likely N-dealkylation sites (tertiary alicyclic amines) is 1. The standard InChI is InChI=1S/C21H24N2O4/c24-18-13-15(21(27-18)9-3-4-10-21)20(25)23-11-7-14(8-12-23)19-22-16-5-1-2-6-17(16)26-19/h1-2,5-6,14-15H,3-4,7-13H2. The molecule has 1 aromatic heterocycles. The summed E-state index contributed by atoms with van der Waals surface area (Å²) in [6.07, 6.45) is 5.65. The van der Waals surface area contributed by atoms with Gasteiger partial charge in [-0.05, 0) is 50.7 Å². The molecule has 3 aliphatic rings. The number of rotatable bonds is 2. The van der Waals surface area contributed by atoms with E-state index in [4.69, 9.17) is 9.15 Å². The number of para-hydroxylation sites is 2. The number of fused-ring (bicyclic) bond motifs is 1. The highest BCUT2D eigenvalue weighted by Crippen LogP contribution is 2.46. The van der Waals surface area contributed by atoms with E-state index >= 15 is 0 Å². The van der Waals surface area contributed by atoms with Gasteiger partial charge in [0, 0.05) is 19.0 Å². The summed E-state index contributed by atoms with van der Waals surface area (Å²) in [5.74, 6) is 0.599. The lowest BCUT2D eigenvalue weighted by Crippen LogP contribution is -2.47. The number of benzene rings is 1. The largest absolute Gasteiger partial charge is 0.458 e. The Morgan fingerprint density at radius 1 is 1.15 bits per heavy atom. The molecule has 2 saturated heterocycles. The van der Waals surface area contributed by atoms with E-state index in [9.17, 15) is 9.59 Å². The van der Waals surface area contributed by atoms with Crippen LogP contribution < -0.4 is 0 Å². The molecule has 0 N–H and O–H groups in total. The van der Waals surface area contributed by atoms with Gasteiger partial charge in [-0.15, -0.1) is 0 Å². The third-order valence-corrected chi connectivity index (χ3v) is 6.54. The Morgan fingerprint density at radius 3 is 2.63 bits per heavy atom. The Bertz CT molecular complexity index is 842. The van der Waals surface area contributed by atoms with Gasteiger partial charge in [-0.1, -0.05) is 12.1 Å². The Hall–Kier alpha value is -2.37. The number of oxazole rings is 1. The quantitative estimate of drug-likeness (QED) is 0.760. The predicted molar refractivity (Wildman–Crippen MR) is 98.0 cm³/mol. The van der Waals surface area contributed by atoms with Crippen LogP contribution in [0.1, 0.15) is 56.8 Å². The molecule has 142 valence electrons. The molecule has 6 heteroatoms. The molecular formula is C21H24N2O4. The van der Waals surface area contributed by atoms with Crippen molar-refractivity contribution in [2.45, 2.75) is 56.5 Å². The lowest BCUT2D eigenvalue weighted by molar-refractivity contribution is -0.152. The van der Waals surface area contributed by atoms with Gasteiger partial charge in [0.25, 0.3) is 0 Å². The molecule has 3 fully saturated rings. The fourth-order valence-corrected chi connectivity index (χ4v) is 5.06. The molecule has 1 unspecified atom stereocenters. The number of esters is 1. The van der Waals surface area contributed by atoms with E-state index in [1.807, 2.05) is 29.2 Å². The molecule has 3 heterocycles. The SMILES string of the molecule is O=C1CC(C(=O)N2CCC(c3nc4ccccc4o3)CC2)C2(CCCC2)O1. The second-order valence-corrected chi connectivity index (χ2v) is 8.12. The molecule has 1 saturated carbocycles. The first-order valence-electron chi connectivity index (χ1n) is 10.0. The lowest BCUT2D eigenvalue weighted by Gasteiger charge is -2.36. The van der Waals surface area contributed by atoms with Gasteiger partial charge in [-0.2, -0.15) is 0 Å². The number of carbonyl (C=O) groups excluding carboxylic acids is 2. The van der Waals surface area contributed by atoms with E-state index in [1.165, 1.54) is 0 Å². The summed E-state index contributed by atoms with van der Waals surface area (Å²) in [5, 5.41) is 0. The maximum atomic E-state index is 13.1. The summed E-state index contributed by atoms with van der Waals surface area (Å²) in [6.45, 7) is 1.37. The molecule has 1 aliphatic carbocycles. The summed E-state index contributed by atoms with van der Waals surface area (Å²) >= 11 is 0. The zero-order valence-corrected chi connectivity index (χ0v) is 15.4. The van der Waals surface area contributed by atoms with E-state index in [-0.39, 0.29) is 30.1 Å². The zero-order chi connectivity index (χ0) is 18.4. The molecule has 1 spiro atoms. The number of aromatic nitrogens is 1. The van der Waals surface area contributed by atoms with Gasteiger partial charge in [-0.3, -0.25) is 9.59 Å². The van der Waals surface area contributed by atoms with E-state index < -0.39 is 5.60 Å². The first kappa shape index (κ1) is 16.8. The van der Waals surface area contributed by atoms with E-state index in [1.54, 1.807) is 0 Å². The van der Waals surface area contributed by atoms with Crippen LogP contribution in [0.2, 0.25) is 0 Å². The summed E-state index contributed by atoms with van der Waals surface area (Å²) in [6, 6.07) is 7.80. The van der Waals surface area contributed by atoms with Crippen LogP contribution in [0.25, 0.3) is 11.1 Å². The number of hydrogen-bond acceptors (Lipinski definition) is 5. The number of nitrogens with zero attached hydrogens (tertiary/aromatic N) is 2. The normalized spacial score (nSPS) is 25.4. The topological polar surface area (TPSA) is 72.6 Å². The van der Waals surface area contributed by atoms with Gasteiger partial charge in [-0.25, -0.2) is 4.98 Å². The Balaban J connectivity index is 1.27. The van der Waals surface area contributed by atoms with Crippen LogP contribution in [0.4, 0.5) is 0 Å². The number of amides is 1. The minimum atomic E-state index is -0.523. The predicted octanol–water partition coefficient (Wildman–Crippen LogP) is 3.41. The van der Waals surface area contributed by atoms with Gasteiger partial charge in [0.05, 0.1) is 12.3 Å². The summed E-state index contributed by atoms with van der Waals surface area (Å²) in [4.78, 5) is 31.6. The van der Waals surface area contributed by atoms with Crippen molar-refractivity contribution in [3.63, 3.8) is 0 Å². The summed E-state index contributed by atoms with van der Waals surface area (Å²) in [7, 11) is 0. The minimum Gasteiger partial charge on any atom is -0.458 e. The molecule has 0 bridgehead atoms. The zero-order valence-electron chi connectivity index (χ0n) is 15.4. The highest BCUT2D eigenvalue weighted by atomic mass is 16.6. The van der Waals surface area contributed by atoms with Crippen LogP contribution in [0.5, 0.6) is 0 Å². The van der Waals surface area contributed by atoms with Crippen LogP contribution in [0.15, 0.2) is 28.7 Å². The molecule has 0 radical (unpaired) electrons. The van der Waals surface area contributed by atoms with Crippen LogP contribution in [-0.4, -0.2) is 40.5 Å². The smallest absolute Gasteiger partial charge is 0.307 e. The summed E-state index contributed by atoms with van der Waals surface area (Å²) < 4.78 is 11.6. The number of carbonyl (C=O) groups is 2. The molecule has 1 amide bonds. The second-order valence-electron chi connectivity index (χ2n) is 8.12. The molecule has 2 aromatic rings. The number of ether oxygens (including phenoxy) is 1. The summed E-state index contributed by atoms with van der Waals surface area (Å²) in [5.41, 5.74) is 1.18. The number of hydrogen-bond donors (Lipinski definition) is 0. The van der Waals surface area contributed by atoms with Gasteiger partial charge >= 0.3 is 5.97 Å². The average Bonchev–Trinajstić information content (AvgIpc) is 3.40. The first-order chi connectivity index (χ1) is 13.1. The third-order valence-electron chi connectivity index (χ3n) is 6.54. The molecule has 1 atom stereocenters. The maximum absolute atomic E-state index is 13.1. The van der Waals surface area contributed by atoms with Crippen molar-refractivity contribution >= 4 is 23.0 Å². The fraction of sp³-hybridized carbons (Fsp3) is 0.571. The van der Waals surface area contributed by atoms with E-state index in [0.29, 0.717) is 13.1 Å². The first-order valence-corrected chi connectivity index (χ1v) is 10.0. The fourth-order valence-electron chi connectivity index (χ4n) is 5.06. The van der Waals surface area contributed by atoms with Crippen LogP contribution in [0, 0.1) is 5.92 Å². The third kappa shape index (κ3) is 2.82. The van der Waals surface area contributed by atoms with Crippen molar-refractivity contribution in [2.75, 3.05) is 13.1 Å². The van der Waals surface area contributed by atoms with Crippen molar-refractivity contribution in [2.24, 2.45) is 5.92 Å². The van der Waals surface area contributed by atoms with Crippen LogP contribution >= 0.6 is 0 Å². The van der Waals surface area contributed by atoms with Gasteiger partial charge in [0.15, 0.2) is 11.5 Å². The Morgan fingerprint density at radius 2 is 1.89 bits per heavy atom. The van der Waals surface area contributed by atoms with Crippen LogP contribution in [0.3, 0.4) is 0 Å². The highest BCUT2D eigenvalue weighted by molar-refractivity contribution is 5.88. The van der Waals surface area contributed by atoms with E-state index in [2.05, 4.69) is 4.98 Å². The van der Waals surface area contributed by atoms with Gasteiger partial charge in [0.2, 0.25) is 5.91 Å². The van der Waals surface area contributed by atoms with Crippen molar-refractivity contribution < 1.29 is 18.7 Å². The van der Waals surface area contributed by atoms with Gasteiger partial charge < -0.3 is 14.1 Å². The monoisotopic (exact) mass is 368 g/mol. The Labute approximate surface area is 157 Å². The lowest BCUT2D eigenvalue weighted by atomic mass is 9.84. The van der Waals surface area contributed by atoms with Crippen molar-refractivity contribution in [1.82, 2.24) is 9.88 Å².